The number of ether oxygens (including phenoxy) is 2. The first kappa shape index (κ1) is 33.7. The number of amides is 2. The smallest absolute Gasteiger partial charge is 0.312 e. The molecule has 1 aromatic rings. The number of carbonyl (C=O) groups excluding carboxylic acids is 3. The maximum atomic E-state index is 14.7. The number of unbranched alkanes of at least 4 members (excludes halogenated alkanes) is 5. The average Bonchev–Trinajstić information content (AvgIpc) is 3.67. The first-order valence-electron chi connectivity index (χ1n) is 16.5. The minimum absolute atomic E-state index is 0.130. The summed E-state index contributed by atoms with van der Waals surface area (Å²) in [4.78, 5) is 47.9. The number of nitrogens with zero attached hydrogens (tertiary/aromatic N) is 3. The van der Waals surface area contributed by atoms with E-state index in [0.717, 1.165) is 56.6 Å². The van der Waals surface area contributed by atoms with E-state index in [1.807, 2.05) is 30.3 Å². The van der Waals surface area contributed by atoms with Crippen LogP contribution in [0.5, 0.6) is 0 Å². The van der Waals surface area contributed by atoms with Gasteiger partial charge in [0, 0.05) is 44.2 Å². The van der Waals surface area contributed by atoms with Crippen LogP contribution in [-0.4, -0.2) is 84.9 Å². The number of allylic oxidation sites excluding steroid dienone is 1. The molecular formula is C35H51N3O6. The topological polar surface area (TPSA) is 99.6 Å². The van der Waals surface area contributed by atoms with Crippen molar-refractivity contribution in [3.05, 3.63) is 49.6 Å². The van der Waals surface area contributed by atoms with Crippen LogP contribution in [0, 0.1) is 11.8 Å². The van der Waals surface area contributed by atoms with Crippen molar-refractivity contribution in [1.29, 1.82) is 0 Å². The molecule has 3 heterocycles. The molecule has 1 N–H and O–H groups in total. The van der Waals surface area contributed by atoms with Crippen LogP contribution >= 0.6 is 0 Å². The molecule has 1 aromatic carbocycles. The van der Waals surface area contributed by atoms with Crippen molar-refractivity contribution >= 4 is 29.2 Å². The van der Waals surface area contributed by atoms with Crippen LogP contribution in [0.25, 0.3) is 0 Å². The third kappa shape index (κ3) is 6.74. The highest BCUT2D eigenvalue weighted by atomic mass is 16.6. The number of hydrogen-bond acceptors (Lipinski definition) is 7. The van der Waals surface area contributed by atoms with Gasteiger partial charge in [0.05, 0.1) is 24.5 Å². The fraction of sp³-hybridized carbons (Fsp3) is 0.629. The number of fused-ring (bicyclic) bond motifs is 1. The average molecular weight is 610 g/mol. The van der Waals surface area contributed by atoms with Crippen molar-refractivity contribution in [3.63, 3.8) is 0 Å². The molecule has 9 nitrogen and oxygen atoms in total. The van der Waals surface area contributed by atoms with Crippen molar-refractivity contribution in [3.8, 4) is 0 Å². The van der Waals surface area contributed by atoms with E-state index in [0.29, 0.717) is 32.2 Å². The molecular weight excluding hydrogens is 558 g/mol. The van der Waals surface area contributed by atoms with Gasteiger partial charge in [-0.15, -0.1) is 13.2 Å². The van der Waals surface area contributed by atoms with Gasteiger partial charge in [-0.1, -0.05) is 25.0 Å². The van der Waals surface area contributed by atoms with Crippen LogP contribution in [0.4, 0.5) is 11.4 Å². The Hall–Kier alpha value is -3.17. The van der Waals surface area contributed by atoms with Crippen molar-refractivity contribution in [2.24, 2.45) is 11.8 Å². The van der Waals surface area contributed by atoms with Gasteiger partial charge >= 0.3 is 5.97 Å². The molecule has 2 unspecified atom stereocenters. The summed E-state index contributed by atoms with van der Waals surface area (Å²) in [6.45, 7) is 14.7. The summed E-state index contributed by atoms with van der Waals surface area (Å²) in [5.41, 5.74) is 0.730. The van der Waals surface area contributed by atoms with E-state index in [1.54, 1.807) is 15.9 Å². The molecule has 1 spiro atoms. The lowest BCUT2D eigenvalue weighted by Gasteiger charge is -2.37. The highest BCUT2D eigenvalue weighted by molar-refractivity contribution is 6.04. The molecule has 44 heavy (non-hydrogen) atoms. The summed E-state index contributed by atoms with van der Waals surface area (Å²) >= 11 is 0. The third-order valence-electron chi connectivity index (χ3n) is 9.53. The van der Waals surface area contributed by atoms with E-state index in [1.165, 1.54) is 0 Å². The van der Waals surface area contributed by atoms with Crippen LogP contribution in [0.2, 0.25) is 0 Å². The van der Waals surface area contributed by atoms with Gasteiger partial charge in [-0.05, 0) is 83.1 Å². The van der Waals surface area contributed by atoms with Crippen molar-refractivity contribution < 1.29 is 29.0 Å². The fourth-order valence-electron chi connectivity index (χ4n) is 7.38. The Balaban J connectivity index is 1.63. The molecule has 5 atom stereocenters. The van der Waals surface area contributed by atoms with E-state index in [2.05, 4.69) is 31.9 Å². The van der Waals surface area contributed by atoms with Gasteiger partial charge in [0.2, 0.25) is 5.91 Å². The number of anilines is 2. The van der Waals surface area contributed by atoms with E-state index >= 15 is 0 Å². The Kier molecular flexibility index (Phi) is 12.0. The first-order valence-corrected chi connectivity index (χ1v) is 16.5. The standard InChI is InChI=1S/C35H51N3O6/c1-5-9-10-15-25-43-34(42)29-28-20-21-35(44-28)30(29)32(40)38(23-13-11-12-14-24-39)31(35)33(41)37(22-6-2)27-18-16-26(17-19-27)36(7-3)8-4/h5-6,16-19,28-31,39H,1-2,7-15,20-25H2,3-4H3/t28-,29+,30-,31?,35?/m0/s1. The summed E-state index contributed by atoms with van der Waals surface area (Å²) in [5.74, 6) is -2.28. The number of aliphatic hydroxyl groups is 1. The second kappa shape index (κ2) is 15.7. The minimum atomic E-state index is -1.07. The Morgan fingerprint density at radius 3 is 2.41 bits per heavy atom. The Labute approximate surface area is 262 Å². The molecule has 0 aromatic heterocycles. The van der Waals surface area contributed by atoms with Crippen LogP contribution in [0.3, 0.4) is 0 Å². The predicted octanol–water partition coefficient (Wildman–Crippen LogP) is 4.88. The van der Waals surface area contributed by atoms with Crippen molar-refractivity contribution in [2.45, 2.75) is 89.4 Å². The molecule has 3 saturated heterocycles. The molecule has 242 valence electrons. The van der Waals surface area contributed by atoms with Gasteiger partial charge in [-0.2, -0.15) is 0 Å². The number of benzene rings is 1. The summed E-state index contributed by atoms with van der Waals surface area (Å²) in [6.07, 6.45) is 9.77. The molecule has 0 radical (unpaired) electrons. The molecule has 9 heteroatoms. The van der Waals surface area contributed by atoms with Crippen LogP contribution in [-0.2, 0) is 23.9 Å². The summed E-state index contributed by atoms with van der Waals surface area (Å²) < 4.78 is 12.3. The van der Waals surface area contributed by atoms with Crippen molar-refractivity contribution in [1.82, 2.24) is 4.90 Å². The lowest BCUT2D eigenvalue weighted by atomic mass is 9.70. The maximum Gasteiger partial charge on any atom is 0.312 e. The summed E-state index contributed by atoms with van der Waals surface area (Å²) in [5, 5.41) is 9.20. The second-order valence-electron chi connectivity index (χ2n) is 12.1. The lowest BCUT2D eigenvalue weighted by Crippen LogP contribution is -2.56. The van der Waals surface area contributed by atoms with Gasteiger partial charge in [0.25, 0.3) is 5.91 Å². The molecule has 3 aliphatic heterocycles. The number of esters is 1. The quantitative estimate of drug-likeness (QED) is 0.136. The van der Waals surface area contributed by atoms with Crippen LogP contribution in [0.15, 0.2) is 49.6 Å². The van der Waals surface area contributed by atoms with Gasteiger partial charge < -0.3 is 29.3 Å². The van der Waals surface area contributed by atoms with E-state index in [4.69, 9.17) is 9.47 Å². The zero-order valence-corrected chi connectivity index (χ0v) is 26.6. The van der Waals surface area contributed by atoms with Gasteiger partial charge in [-0.3, -0.25) is 14.4 Å². The first-order chi connectivity index (χ1) is 21.4. The largest absolute Gasteiger partial charge is 0.465 e. The van der Waals surface area contributed by atoms with E-state index in [9.17, 15) is 19.5 Å². The van der Waals surface area contributed by atoms with Crippen LogP contribution in [0.1, 0.15) is 71.6 Å². The predicted molar refractivity (Wildman–Crippen MR) is 172 cm³/mol. The molecule has 0 saturated carbocycles. The van der Waals surface area contributed by atoms with Crippen LogP contribution < -0.4 is 9.80 Å². The van der Waals surface area contributed by atoms with E-state index < -0.39 is 35.6 Å². The number of likely N-dealkylation sites (tertiary alicyclic amines) is 1. The van der Waals surface area contributed by atoms with Gasteiger partial charge in [0.1, 0.15) is 11.6 Å². The Bertz CT molecular complexity index is 1150. The lowest BCUT2D eigenvalue weighted by molar-refractivity contribution is -0.155. The number of hydrogen-bond donors (Lipinski definition) is 1. The monoisotopic (exact) mass is 609 g/mol. The number of rotatable bonds is 19. The van der Waals surface area contributed by atoms with E-state index in [-0.39, 0.29) is 31.6 Å². The minimum Gasteiger partial charge on any atom is -0.465 e. The molecule has 3 aliphatic rings. The normalized spacial score (nSPS) is 25.2. The highest BCUT2D eigenvalue weighted by Gasteiger charge is 2.75. The maximum absolute atomic E-state index is 14.7. The molecule has 0 aliphatic carbocycles. The zero-order chi connectivity index (χ0) is 31.7. The molecule has 4 rings (SSSR count). The van der Waals surface area contributed by atoms with Gasteiger partial charge in [-0.25, -0.2) is 0 Å². The molecule has 2 bridgehead atoms. The number of aliphatic hydroxyl groups excluding tert-OH is 1. The summed E-state index contributed by atoms with van der Waals surface area (Å²) in [7, 11) is 0. The Morgan fingerprint density at radius 2 is 1.75 bits per heavy atom. The SMILES string of the molecule is C=CCCCCOC(=O)[C@@H]1[C@@H]2CCC3(O2)C(C(=O)N(CC=C)c2ccc(N(CC)CC)cc2)N(CCCCCCO)C(=O)[C@H]13. The highest BCUT2D eigenvalue weighted by Crippen LogP contribution is 2.59. The second-order valence-corrected chi connectivity index (χ2v) is 12.1. The third-order valence-corrected chi connectivity index (χ3v) is 9.53. The Morgan fingerprint density at radius 1 is 1.05 bits per heavy atom. The molecule has 3 fully saturated rings. The van der Waals surface area contributed by atoms with Crippen molar-refractivity contribution in [2.75, 3.05) is 49.2 Å². The number of carbonyl (C=O) groups is 3. The van der Waals surface area contributed by atoms with Gasteiger partial charge in [0.15, 0.2) is 0 Å². The summed E-state index contributed by atoms with van der Waals surface area (Å²) in [6, 6.07) is 7.07. The zero-order valence-electron chi connectivity index (χ0n) is 26.6. The fourth-order valence-corrected chi connectivity index (χ4v) is 7.38. The molecule has 2 amide bonds.